The van der Waals surface area contributed by atoms with Crippen molar-refractivity contribution in [3.63, 3.8) is 0 Å². The van der Waals surface area contributed by atoms with Crippen LogP contribution in [-0.4, -0.2) is 26.7 Å². The van der Waals surface area contributed by atoms with Gasteiger partial charge in [0.25, 0.3) is 20.4 Å². The van der Waals surface area contributed by atoms with Crippen molar-refractivity contribution in [3.05, 3.63) is 22.2 Å². The minimum atomic E-state index is 0.769. The van der Waals surface area contributed by atoms with Crippen molar-refractivity contribution in [2.45, 2.75) is 6.42 Å². The summed E-state index contributed by atoms with van der Waals surface area (Å²) < 4.78 is 0.993. The minimum absolute atomic E-state index is 0.769. The Kier molecular flexibility index (Phi) is 23.3. The van der Waals surface area contributed by atoms with Gasteiger partial charge in [0.1, 0.15) is 0 Å². The molecule has 1 aliphatic carbocycles. The molecule has 0 amide bonds. The molecule has 5 heteroatoms. The van der Waals surface area contributed by atoms with Crippen LogP contribution in [0.1, 0.15) is 6.42 Å². The molecule has 0 fully saturated rings. The van der Waals surface area contributed by atoms with E-state index in [2.05, 4.69) is 36.4 Å². The van der Waals surface area contributed by atoms with Crippen LogP contribution >= 0.6 is 0 Å². The molecule has 72 valence electrons. The van der Waals surface area contributed by atoms with E-state index in [1.165, 1.54) is 0 Å². The molecule has 0 N–H and O–H groups in total. The molecule has 0 aromatic carbocycles. The maximum Gasteiger partial charge on any atom is 0.281 e. The van der Waals surface area contributed by atoms with Crippen molar-refractivity contribution in [1.29, 1.82) is 0 Å². The molecule has 0 spiro atoms. The van der Waals surface area contributed by atoms with Gasteiger partial charge in [-0.25, -0.2) is 0 Å². The minimum Gasteiger partial charge on any atom is -0.281 e. The van der Waals surface area contributed by atoms with Gasteiger partial charge in [0, 0.05) is 0 Å². The molecule has 1 rings (SSSR count). The fraction of sp³-hybridized carbons (Fsp3) is 0.111. The Morgan fingerprint density at radius 3 is 1.71 bits per heavy atom. The first-order valence-corrected chi connectivity index (χ1v) is 3.55. The number of hydrogen-bond donors (Lipinski definition) is 0. The molecule has 0 unspecified atom stereocenters. The normalized spacial score (nSPS) is 10.9. The number of allylic oxidation sites excluding steroid dienone is 4. The summed E-state index contributed by atoms with van der Waals surface area (Å²) in [5, 5.41) is 0. The summed E-state index contributed by atoms with van der Waals surface area (Å²) in [5.74, 6) is 0. The molecule has 0 bridgehead atoms. The number of hydrogen-bond acceptors (Lipinski definition) is 4. The van der Waals surface area contributed by atoms with E-state index >= 15 is 0 Å². The fourth-order valence-electron chi connectivity index (χ4n) is 0.601. The Morgan fingerprint density at radius 2 is 1.57 bits per heavy atom. The van der Waals surface area contributed by atoms with E-state index in [1.807, 2.05) is 12.2 Å². The van der Waals surface area contributed by atoms with Crippen LogP contribution in [-0.2, 0) is 35.2 Å². The summed E-state index contributed by atoms with van der Waals surface area (Å²) in [4.78, 5) is 32.6. The Hall–Kier alpha value is -1.32. The number of carbonyl (C=O) groups is 1. The maximum absolute atomic E-state index is 10.1. The predicted octanol–water partition coefficient (Wildman–Crippen LogP) is -0.245. The van der Waals surface area contributed by atoms with Crippen molar-refractivity contribution in [1.82, 2.24) is 0 Å². The van der Waals surface area contributed by atoms with E-state index < -0.39 is 0 Å². The topological polar surface area (TPSA) is 68.3 Å². The molecular weight excluding hydrogens is 227 g/mol. The van der Waals surface area contributed by atoms with Gasteiger partial charge < -0.3 is 0 Å². The second-order valence-electron chi connectivity index (χ2n) is 1.58. The fourth-order valence-corrected chi connectivity index (χ4v) is 0.908. The van der Waals surface area contributed by atoms with Crippen LogP contribution in [0.3, 0.4) is 0 Å². The molecular formula is C9H5MnO4. The molecule has 0 saturated carbocycles. The summed E-state index contributed by atoms with van der Waals surface area (Å²) in [6.45, 7) is 13.5. The molecule has 14 heavy (non-hydrogen) atoms. The molecule has 0 saturated heterocycles. The van der Waals surface area contributed by atoms with E-state index in [1.54, 1.807) is 0 Å². The van der Waals surface area contributed by atoms with E-state index in [4.69, 9.17) is 14.4 Å². The second-order valence-corrected chi connectivity index (χ2v) is 2.30. The second kappa shape index (κ2) is 17.7. The Labute approximate surface area is 90.9 Å². The summed E-state index contributed by atoms with van der Waals surface area (Å²) in [6, 6.07) is 0. The average molecular weight is 232 g/mol. The third-order valence-corrected chi connectivity index (χ3v) is 1.62. The zero-order valence-electron chi connectivity index (χ0n) is 6.95. The van der Waals surface area contributed by atoms with Crippen molar-refractivity contribution < 1.29 is 35.2 Å². The molecule has 0 aliphatic heterocycles. The van der Waals surface area contributed by atoms with E-state index in [0.29, 0.717) is 0 Å². The largest absolute Gasteiger partial charge is 0.281 e. The van der Waals surface area contributed by atoms with Crippen LogP contribution in [0.25, 0.3) is 0 Å². The molecule has 4 nitrogen and oxygen atoms in total. The van der Waals surface area contributed by atoms with E-state index in [-0.39, 0.29) is 0 Å². The Bertz CT molecular complexity index is 206. The van der Waals surface area contributed by atoms with Crippen LogP contribution in [0.5, 0.6) is 0 Å². The van der Waals surface area contributed by atoms with Crippen LogP contribution < -0.4 is 0 Å². The van der Waals surface area contributed by atoms with Crippen molar-refractivity contribution >= 4 is 26.7 Å². The third kappa shape index (κ3) is 8.77. The summed E-state index contributed by atoms with van der Waals surface area (Å²) in [7, 11) is 0. The Morgan fingerprint density at radius 1 is 1.14 bits per heavy atom. The zero-order chi connectivity index (χ0) is 12.0. The van der Waals surface area contributed by atoms with E-state index in [0.717, 1.165) is 22.8 Å². The van der Waals surface area contributed by atoms with Crippen LogP contribution in [0, 0.1) is 0 Å². The summed E-state index contributed by atoms with van der Waals surface area (Å²) in [5.41, 5.74) is 0.769. The summed E-state index contributed by atoms with van der Waals surface area (Å²) >= 11 is 3.25. The molecule has 0 aromatic rings. The predicted molar refractivity (Wildman–Crippen MR) is 43.9 cm³/mol. The van der Waals surface area contributed by atoms with Crippen molar-refractivity contribution in [3.8, 4) is 0 Å². The molecule has 0 aromatic heterocycles. The Balaban J connectivity index is -0.000000174. The smallest absolute Gasteiger partial charge is 0.281 e. The van der Waals surface area contributed by atoms with Crippen molar-refractivity contribution in [2.75, 3.05) is 0 Å². The van der Waals surface area contributed by atoms with Gasteiger partial charge in [-0.3, -0.25) is 14.4 Å². The first kappa shape index (κ1) is 18.5. The monoisotopic (exact) mass is 232 g/mol. The van der Waals surface area contributed by atoms with Gasteiger partial charge in [0.05, 0.1) is 0 Å². The first-order chi connectivity index (χ1) is 6.84. The SMILES string of the molecule is O=CC1=[C]([Mn])CC=C1.[C]=O.[C]=O.[C]=O. The van der Waals surface area contributed by atoms with Gasteiger partial charge in [-0.05, 0) is 0 Å². The van der Waals surface area contributed by atoms with Crippen LogP contribution in [0.2, 0.25) is 0 Å². The number of aldehydes is 1. The maximum atomic E-state index is 10.1. The van der Waals surface area contributed by atoms with Gasteiger partial charge >= 0.3 is 55.7 Å². The van der Waals surface area contributed by atoms with Gasteiger partial charge in [-0.1, -0.05) is 0 Å². The molecule has 0 atom stereocenters. The van der Waals surface area contributed by atoms with Crippen molar-refractivity contribution in [2.24, 2.45) is 0 Å². The van der Waals surface area contributed by atoms with E-state index in [9.17, 15) is 4.79 Å². The first-order valence-electron chi connectivity index (χ1n) is 2.96. The third-order valence-electron chi connectivity index (χ3n) is 1.03. The quantitative estimate of drug-likeness (QED) is 0.462. The van der Waals surface area contributed by atoms with Gasteiger partial charge in [0.15, 0.2) is 0 Å². The molecule has 1 aliphatic rings. The van der Waals surface area contributed by atoms with Gasteiger partial charge in [-0.15, -0.1) is 0 Å². The van der Waals surface area contributed by atoms with Gasteiger partial charge in [0.2, 0.25) is 0 Å². The van der Waals surface area contributed by atoms with Gasteiger partial charge in [-0.2, -0.15) is 0 Å². The number of rotatable bonds is 1. The van der Waals surface area contributed by atoms with Crippen LogP contribution in [0.15, 0.2) is 22.2 Å². The van der Waals surface area contributed by atoms with Crippen LogP contribution in [0.4, 0.5) is 0 Å². The number of carbonyl (C=O) groups excluding carboxylic acids is 4. The zero-order valence-corrected chi connectivity index (χ0v) is 8.13. The summed E-state index contributed by atoms with van der Waals surface area (Å²) in [6.07, 6.45) is 5.49. The molecule has 6 radical (unpaired) electrons. The molecule has 0 heterocycles. The average Bonchev–Trinajstić information content (AvgIpc) is 2.72. The standard InChI is InChI=1S/C6H5O.3CO.Mn/c7-5-6-3-1-2-4-6;3*1-2;/h1,3,5H,2H2;;;;.